The van der Waals surface area contributed by atoms with Gasteiger partial charge in [0.2, 0.25) is 22.3 Å². The Morgan fingerprint density at radius 3 is 1.82 bits per heavy atom. The SMILES string of the molecule is CCOc1ncccc1-c1nc(Cl)ncc1C.CCOc1ncccc1B1OC(C)(C)C(C)(C)O1.Cc1cnc(Cl)nc1Cl. The Morgan fingerprint density at radius 2 is 1.25 bits per heavy atom. The second kappa shape index (κ2) is 15.8. The molecule has 1 aliphatic heterocycles. The lowest BCUT2D eigenvalue weighted by atomic mass is 9.80. The third kappa shape index (κ3) is 9.22. The minimum absolute atomic E-state index is 0.186. The predicted molar refractivity (Wildman–Crippen MR) is 174 cm³/mol. The maximum atomic E-state index is 5.99. The van der Waals surface area contributed by atoms with E-state index in [1.54, 1.807) is 24.8 Å². The van der Waals surface area contributed by atoms with Crippen molar-refractivity contribution in [1.82, 2.24) is 29.9 Å². The number of pyridine rings is 2. The summed E-state index contributed by atoms with van der Waals surface area (Å²) in [7, 11) is -0.426. The van der Waals surface area contributed by atoms with Crippen LogP contribution < -0.4 is 14.9 Å². The molecule has 0 amide bonds. The van der Waals surface area contributed by atoms with E-state index in [0.717, 1.165) is 27.8 Å². The Labute approximate surface area is 274 Å². The van der Waals surface area contributed by atoms with Crippen molar-refractivity contribution in [2.45, 2.75) is 66.6 Å². The molecule has 0 aliphatic carbocycles. The fraction of sp³-hybridized carbons (Fsp3) is 0.400. The van der Waals surface area contributed by atoms with Gasteiger partial charge < -0.3 is 18.8 Å². The molecule has 4 aromatic rings. The fourth-order valence-corrected chi connectivity index (χ4v) is 4.17. The number of halogens is 3. The first-order chi connectivity index (χ1) is 20.8. The van der Waals surface area contributed by atoms with Crippen LogP contribution in [0.3, 0.4) is 0 Å². The third-order valence-corrected chi connectivity index (χ3v) is 7.47. The molecule has 1 aliphatic rings. The van der Waals surface area contributed by atoms with Crippen LogP contribution >= 0.6 is 34.8 Å². The number of rotatable bonds is 6. The van der Waals surface area contributed by atoms with Crippen molar-refractivity contribution in [2.24, 2.45) is 0 Å². The minimum atomic E-state index is -0.426. The summed E-state index contributed by atoms with van der Waals surface area (Å²) in [6.45, 7) is 16.8. The summed E-state index contributed by atoms with van der Waals surface area (Å²) in [6, 6.07) is 7.54. The van der Waals surface area contributed by atoms with Crippen molar-refractivity contribution < 1.29 is 18.8 Å². The quantitative estimate of drug-likeness (QED) is 0.125. The van der Waals surface area contributed by atoms with Crippen LogP contribution in [-0.4, -0.2) is 61.4 Å². The van der Waals surface area contributed by atoms with E-state index in [1.807, 2.05) is 79.7 Å². The second-order valence-electron chi connectivity index (χ2n) is 10.5. The standard InChI is InChI=1S/C13H20BNO3.C12H12ClN3O.C5H4Cl2N2/c1-6-16-11-10(8-7-9-15-11)14-17-12(2,3)13(4,5)18-14;1-3-17-11-9(5-4-6-14-11)10-8(2)7-15-12(13)16-10;1-3-2-8-5(7)9-4(3)6/h7-9H,6H2,1-5H3;4-7H,3H2,1-2H3;2H,1H3. The highest BCUT2D eigenvalue weighted by molar-refractivity contribution is 6.63. The van der Waals surface area contributed by atoms with Crippen LogP contribution in [0.5, 0.6) is 11.8 Å². The van der Waals surface area contributed by atoms with Gasteiger partial charge in [0.1, 0.15) is 5.15 Å². The van der Waals surface area contributed by atoms with Crippen LogP contribution in [0.15, 0.2) is 49.1 Å². The molecule has 0 saturated carbocycles. The topological polar surface area (TPSA) is 114 Å². The highest BCUT2D eigenvalue weighted by Gasteiger charge is 2.52. The van der Waals surface area contributed by atoms with E-state index in [9.17, 15) is 0 Å². The summed E-state index contributed by atoms with van der Waals surface area (Å²) in [5.74, 6) is 1.14. The van der Waals surface area contributed by atoms with Gasteiger partial charge in [0, 0.05) is 35.8 Å². The van der Waals surface area contributed by atoms with Crippen molar-refractivity contribution in [3.8, 4) is 23.0 Å². The molecule has 0 aromatic carbocycles. The first-order valence-corrected chi connectivity index (χ1v) is 15.1. The van der Waals surface area contributed by atoms with E-state index in [1.165, 1.54) is 0 Å². The van der Waals surface area contributed by atoms with E-state index in [2.05, 4.69) is 29.9 Å². The molecule has 4 aromatic heterocycles. The van der Waals surface area contributed by atoms with Gasteiger partial charge >= 0.3 is 7.12 Å². The molecule has 0 radical (unpaired) electrons. The van der Waals surface area contributed by atoms with E-state index < -0.39 is 7.12 Å². The van der Waals surface area contributed by atoms with Gasteiger partial charge in [-0.2, -0.15) is 0 Å². The monoisotopic (exact) mass is 660 g/mol. The fourth-order valence-electron chi connectivity index (χ4n) is 3.73. The average molecular weight is 662 g/mol. The Balaban J connectivity index is 0.000000190. The lowest BCUT2D eigenvalue weighted by Crippen LogP contribution is -2.41. The molecule has 5 heterocycles. The highest BCUT2D eigenvalue weighted by atomic mass is 35.5. The van der Waals surface area contributed by atoms with E-state index >= 15 is 0 Å². The van der Waals surface area contributed by atoms with Crippen LogP contribution in [0, 0.1) is 13.8 Å². The average Bonchev–Trinajstić information content (AvgIpc) is 3.20. The smallest absolute Gasteiger partial charge is 0.478 e. The highest BCUT2D eigenvalue weighted by Crippen LogP contribution is 2.37. The molecule has 14 heteroatoms. The van der Waals surface area contributed by atoms with Gasteiger partial charge in [-0.25, -0.2) is 29.9 Å². The van der Waals surface area contributed by atoms with Gasteiger partial charge in [-0.15, -0.1) is 0 Å². The lowest BCUT2D eigenvalue weighted by molar-refractivity contribution is 0.00578. The van der Waals surface area contributed by atoms with Crippen LogP contribution in [0.4, 0.5) is 0 Å². The zero-order valence-electron chi connectivity index (χ0n) is 26.1. The van der Waals surface area contributed by atoms with Crippen molar-refractivity contribution in [1.29, 1.82) is 0 Å². The molecule has 44 heavy (non-hydrogen) atoms. The molecule has 0 N–H and O–H groups in total. The number of aryl methyl sites for hydroxylation is 2. The summed E-state index contributed by atoms with van der Waals surface area (Å²) in [6.07, 6.45) is 6.66. The zero-order chi connectivity index (χ0) is 32.5. The van der Waals surface area contributed by atoms with Crippen LogP contribution in [0.2, 0.25) is 15.7 Å². The maximum absolute atomic E-state index is 5.99. The minimum Gasteiger partial charge on any atom is -0.478 e. The number of nitrogens with zero attached hydrogens (tertiary/aromatic N) is 6. The normalized spacial score (nSPS) is 14.6. The van der Waals surface area contributed by atoms with Crippen molar-refractivity contribution in [3.63, 3.8) is 0 Å². The summed E-state index contributed by atoms with van der Waals surface area (Å²) in [5.41, 5.74) is 3.49. The first kappa shape index (κ1) is 35.4. The van der Waals surface area contributed by atoms with Gasteiger partial charge in [-0.3, -0.25) is 0 Å². The van der Waals surface area contributed by atoms with Gasteiger partial charge in [-0.1, -0.05) is 17.7 Å². The second-order valence-corrected chi connectivity index (χ2v) is 11.5. The molecular formula is C30H36BCl3N6O4. The molecular weight excluding hydrogens is 626 g/mol. The molecule has 0 spiro atoms. The molecule has 234 valence electrons. The van der Waals surface area contributed by atoms with Gasteiger partial charge in [-0.05, 0) is 102 Å². The van der Waals surface area contributed by atoms with E-state index in [-0.39, 0.29) is 21.8 Å². The summed E-state index contributed by atoms with van der Waals surface area (Å²) in [4.78, 5) is 24.0. The number of aromatic nitrogens is 6. The first-order valence-electron chi connectivity index (χ1n) is 13.9. The van der Waals surface area contributed by atoms with Crippen LogP contribution in [-0.2, 0) is 9.31 Å². The Morgan fingerprint density at radius 1 is 0.727 bits per heavy atom. The third-order valence-electron chi connectivity index (χ3n) is 6.72. The lowest BCUT2D eigenvalue weighted by Gasteiger charge is -2.32. The van der Waals surface area contributed by atoms with Crippen molar-refractivity contribution in [3.05, 3.63) is 75.9 Å². The largest absolute Gasteiger partial charge is 0.500 e. The molecule has 0 unspecified atom stereocenters. The van der Waals surface area contributed by atoms with Crippen molar-refractivity contribution >= 4 is 47.4 Å². The molecule has 5 rings (SSSR count). The van der Waals surface area contributed by atoms with Gasteiger partial charge in [0.15, 0.2) is 0 Å². The van der Waals surface area contributed by atoms with Crippen LogP contribution in [0.1, 0.15) is 52.7 Å². The molecule has 10 nitrogen and oxygen atoms in total. The Kier molecular flexibility index (Phi) is 12.7. The number of hydrogen-bond donors (Lipinski definition) is 0. The predicted octanol–water partition coefficient (Wildman–Crippen LogP) is 6.77. The molecule has 0 bridgehead atoms. The van der Waals surface area contributed by atoms with Crippen molar-refractivity contribution in [2.75, 3.05) is 13.2 Å². The molecule has 1 saturated heterocycles. The van der Waals surface area contributed by atoms with E-state index in [4.69, 9.17) is 53.6 Å². The summed E-state index contributed by atoms with van der Waals surface area (Å²) in [5, 5.41) is 0.817. The maximum Gasteiger partial charge on any atom is 0.500 e. The Hall–Kier alpha value is -3.09. The molecule has 1 fully saturated rings. The van der Waals surface area contributed by atoms with Crippen LogP contribution in [0.25, 0.3) is 11.3 Å². The zero-order valence-corrected chi connectivity index (χ0v) is 28.3. The van der Waals surface area contributed by atoms with Gasteiger partial charge in [0.05, 0.1) is 35.7 Å². The molecule has 0 atom stereocenters. The Bertz CT molecular complexity index is 1530. The van der Waals surface area contributed by atoms with Gasteiger partial charge in [0.25, 0.3) is 0 Å². The summed E-state index contributed by atoms with van der Waals surface area (Å²) >= 11 is 16.8. The van der Waals surface area contributed by atoms with E-state index in [0.29, 0.717) is 30.1 Å². The number of ether oxygens (including phenoxy) is 2. The summed E-state index contributed by atoms with van der Waals surface area (Å²) < 4.78 is 23.0. The number of hydrogen-bond acceptors (Lipinski definition) is 10.